The Balaban J connectivity index is 1.54. The summed E-state index contributed by atoms with van der Waals surface area (Å²) in [5, 5.41) is 3.93. The van der Waals surface area contributed by atoms with Gasteiger partial charge in [0.1, 0.15) is 0 Å². The van der Waals surface area contributed by atoms with Gasteiger partial charge >= 0.3 is 0 Å². The lowest BCUT2D eigenvalue weighted by Crippen LogP contribution is -2.46. The highest BCUT2D eigenvalue weighted by molar-refractivity contribution is 5.06. The summed E-state index contributed by atoms with van der Waals surface area (Å²) in [5.74, 6) is 4.22. The van der Waals surface area contributed by atoms with Gasteiger partial charge in [-0.15, -0.1) is 0 Å². The number of methoxy groups -OCH3 is 1. The minimum Gasteiger partial charge on any atom is -0.379 e. The van der Waals surface area contributed by atoms with Crippen LogP contribution in [0.4, 0.5) is 0 Å². The summed E-state index contributed by atoms with van der Waals surface area (Å²) in [6.45, 7) is 6.72. The van der Waals surface area contributed by atoms with Crippen LogP contribution in [0.2, 0.25) is 0 Å². The maximum absolute atomic E-state index is 5.56. The average Bonchev–Trinajstić information content (AvgIpc) is 2.98. The molecule has 0 aromatic heterocycles. The smallest absolute Gasteiger partial charge is 0.0637 e. The fourth-order valence-electron chi connectivity index (χ4n) is 5.50. The Bertz CT molecular complexity index is 327. The Morgan fingerprint density at radius 3 is 2.63 bits per heavy atom. The van der Waals surface area contributed by atoms with E-state index in [1.54, 1.807) is 0 Å². The summed E-state index contributed by atoms with van der Waals surface area (Å²) in [6, 6.07) is 1.37. The first-order valence-electron chi connectivity index (χ1n) is 8.31. The molecule has 3 rings (SSSR count). The molecular formula is C17H31NO. The molecule has 6 unspecified atom stereocenters. The lowest BCUT2D eigenvalue weighted by molar-refractivity contribution is 0.00645. The van der Waals surface area contributed by atoms with Crippen molar-refractivity contribution in [3.63, 3.8) is 0 Å². The molecule has 0 radical (unpaired) electrons. The van der Waals surface area contributed by atoms with Crippen molar-refractivity contribution >= 4 is 0 Å². The number of fused-ring (bicyclic) bond motifs is 5. The third-order valence-corrected chi connectivity index (χ3v) is 6.28. The average molecular weight is 265 g/mol. The molecule has 0 saturated heterocycles. The second-order valence-electron chi connectivity index (χ2n) is 8.00. The van der Waals surface area contributed by atoms with Crippen molar-refractivity contribution in [3.05, 3.63) is 0 Å². The van der Waals surface area contributed by atoms with Crippen LogP contribution in [0.5, 0.6) is 0 Å². The Labute approximate surface area is 118 Å². The zero-order valence-corrected chi connectivity index (χ0v) is 13.1. The molecule has 2 heteroatoms. The van der Waals surface area contributed by atoms with Crippen LogP contribution in [0.1, 0.15) is 59.3 Å². The van der Waals surface area contributed by atoms with Gasteiger partial charge in [-0.25, -0.2) is 0 Å². The molecule has 0 aliphatic heterocycles. The van der Waals surface area contributed by atoms with E-state index >= 15 is 0 Å². The minimum absolute atomic E-state index is 0.0000698. The van der Waals surface area contributed by atoms with E-state index < -0.39 is 0 Å². The summed E-state index contributed by atoms with van der Waals surface area (Å²) in [4.78, 5) is 0. The maximum Gasteiger partial charge on any atom is 0.0637 e. The van der Waals surface area contributed by atoms with Crippen LogP contribution >= 0.6 is 0 Å². The van der Waals surface area contributed by atoms with E-state index in [-0.39, 0.29) is 5.60 Å². The quantitative estimate of drug-likeness (QED) is 0.820. The fraction of sp³-hybridized carbons (Fsp3) is 1.00. The molecule has 3 fully saturated rings. The first kappa shape index (κ1) is 13.9. The Morgan fingerprint density at radius 2 is 1.89 bits per heavy atom. The summed E-state index contributed by atoms with van der Waals surface area (Å²) in [7, 11) is 1.83. The van der Waals surface area contributed by atoms with E-state index in [1.165, 1.54) is 32.1 Å². The number of ether oxygens (including phenoxy) is 1. The first-order chi connectivity index (χ1) is 9.00. The number of nitrogens with one attached hydrogen (secondary N) is 1. The van der Waals surface area contributed by atoms with Crippen LogP contribution in [0, 0.1) is 23.7 Å². The van der Waals surface area contributed by atoms with Crippen LogP contribution in [0.25, 0.3) is 0 Å². The van der Waals surface area contributed by atoms with Gasteiger partial charge in [0.15, 0.2) is 0 Å². The Hall–Kier alpha value is -0.0800. The van der Waals surface area contributed by atoms with E-state index in [0.29, 0.717) is 6.04 Å². The van der Waals surface area contributed by atoms with Crippen molar-refractivity contribution in [1.82, 2.24) is 5.32 Å². The summed E-state index contributed by atoms with van der Waals surface area (Å²) < 4.78 is 5.56. The van der Waals surface area contributed by atoms with E-state index in [2.05, 4.69) is 26.1 Å². The largest absolute Gasteiger partial charge is 0.379 e. The predicted octanol–water partition coefficient (Wildman–Crippen LogP) is 3.60. The lowest BCUT2D eigenvalue weighted by atomic mass is 9.79. The van der Waals surface area contributed by atoms with Crippen molar-refractivity contribution in [2.24, 2.45) is 23.7 Å². The fourth-order valence-corrected chi connectivity index (χ4v) is 5.50. The molecule has 0 heterocycles. The molecule has 2 nitrogen and oxygen atoms in total. The second-order valence-corrected chi connectivity index (χ2v) is 8.00. The minimum atomic E-state index is -0.0000698. The molecule has 6 atom stereocenters. The number of rotatable bonds is 5. The third kappa shape index (κ3) is 2.58. The Kier molecular flexibility index (Phi) is 3.68. The van der Waals surface area contributed by atoms with E-state index in [0.717, 1.165) is 36.1 Å². The maximum atomic E-state index is 5.56. The van der Waals surface area contributed by atoms with E-state index in [4.69, 9.17) is 4.74 Å². The van der Waals surface area contributed by atoms with Crippen LogP contribution in [-0.2, 0) is 4.74 Å². The molecular weight excluding hydrogens is 234 g/mol. The Morgan fingerprint density at radius 1 is 1.16 bits per heavy atom. The summed E-state index contributed by atoms with van der Waals surface area (Å²) in [6.07, 6.45) is 8.62. The van der Waals surface area contributed by atoms with Gasteiger partial charge < -0.3 is 10.1 Å². The van der Waals surface area contributed by atoms with E-state index in [9.17, 15) is 0 Å². The molecule has 19 heavy (non-hydrogen) atoms. The summed E-state index contributed by atoms with van der Waals surface area (Å²) in [5.41, 5.74) is -0.0000698. The van der Waals surface area contributed by atoms with Crippen molar-refractivity contribution in [3.8, 4) is 0 Å². The molecule has 0 aromatic carbocycles. The van der Waals surface area contributed by atoms with Gasteiger partial charge in [-0.2, -0.15) is 0 Å². The SMILES string of the molecule is COC(C)(C)CC(C)NC1CC2CC1C1CCCC21. The monoisotopic (exact) mass is 265 g/mol. The topological polar surface area (TPSA) is 21.3 Å². The van der Waals surface area contributed by atoms with Crippen molar-refractivity contribution in [2.75, 3.05) is 7.11 Å². The van der Waals surface area contributed by atoms with Gasteiger partial charge in [0.2, 0.25) is 0 Å². The second kappa shape index (κ2) is 5.04. The third-order valence-electron chi connectivity index (χ3n) is 6.28. The summed E-state index contributed by atoms with van der Waals surface area (Å²) >= 11 is 0. The molecule has 0 aromatic rings. The van der Waals surface area contributed by atoms with Crippen LogP contribution in [0.15, 0.2) is 0 Å². The molecule has 3 aliphatic rings. The molecule has 3 saturated carbocycles. The standard InChI is InChI=1S/C17H31NO/c1-11(10-17(2,3)19-4)18-16-9-12-8-15(16)14-7-5-6-13(12)14/h11-16,18H,5-10H2,1-4H3. The molecule has 2 bridgehead atoms. The van der Waals surface area contributed by atoms with Gasteiger partial charge in [-0.3, -0.25) is 0 Å². The first-order valence-corrected chi connectivity index (χ1v) is 8.31. The lowest BCUT2D eigenvalue weighted by Gasteiger charge is -2.35. The predicted molar refractivity (Wildman–Crippen MR) is 79.1 cm³/mol. The van der Waals surface area contributed by atoms with Gasteiger partial charge in [0.05, 0.1) is 5.60 Å². The molecule has 0 spiro atoms. The normalized spacial score (nSPS) is 42.6. The van der Waals surface area contributed by atoms with E-state index in [1.807, 2.05) is 7.11 Å². The zero-order valence-electron chi connectivity index (χ0n) is 13.1. The van der Waals surface area contributed by atoms with Gasteiger partial charge in [-0.05, 0) is 76.5 Å². The highest BCUT2D eigenvalue weighted by Gasteiger charge is 2.53. The van der Waals surface area contributed by atoms with Crippen molar-refractivity contribution in [1.29, 1.82) is 0 Å². The highest BCUT2D eigenvalue weighted by Crippen LogP contribution is 2.58. The van der Waals surface area contributed by atoms with Gasteiger partial charge in [-0.1, -0.05) is 6.42 Å². The van der Waals surface area contributed by atoms with Crippen LogP contribution in [0.3, 0.4) is 0 Å². The van der Waals surface area contributed by atoms with Crippen molar-refractivity contribution in [2.45, 2.75) is 77.0 Å². The highest BCUT2D eigenvalue weighted by atomic mass is 16.5. The van der Waals surface area contributed by atoms with Crippen LogP contribution < -0.4 is 5.32 Å². The zero-order chi connectivity index (χ0) is 13.6. The van der Waals surface area contributed by atoms with Crippen molar-refractivity contribution < 1.29 is 4.74 Å². The number of hydrogen-bond donors (Lipinski definition) is 1. The molecule has 3 aliphatic carbocycles. The van der Waals surface area contributed by atoms with Crippen LogP contribution in [-0.4, -0.2) is 24.8 Å². The van der Waals surface area contributed by atoms with Gasteiger partial charge in [0.25, 0.3) is 0 Å². The molecule has 110 valence electrons. The van der Waals surface area contributed by atoms with Gasteiger partial charge in [0, 0.05) is 19.2 Å². The molecule has 0 amide bonds. The molecule has 1 N–H and O–H groups in total. The number of hydrogen-bond acceptors (Lipinski definition) is 2.